The predicted molar refractivity (Wildman–Crippen MR) is 70.5 cm³/mol. The van der Waals surface area contributed by atoms with Gasteiger partial charge in [-0.05, 0) is 31.2 Å². The topological polar surface area (TPSA) is 33.3 Å². The molecular formula is C13H19ClN2O. The highest BCUT2D eigenvalue weighted by Crippen LogP contribution is 2.21. The van der Waals surface area contributed by atoms with Crippen molar-refractivity contribution in [2.45, 2.75) is 18.6 Å². The molecule has 2 atom stereocenters. The van der Waals surface area contributed by atoms with Crippen LogP contribution in [0.3, 0.4) is 0 Å². The van der Waals surface area contributed by atoms with Gasteiger partial charge >= 0.3 is 0 Å². The average molecular weight is 255 g/mol. The van der Waals surface area contributed by atoms with E-state index in [4.69, 9.17) is 16.3 Å². The summed E-state index contributed by atoms with van der Waals surface area (Å²) in [5.74, 6) is 0. The molecule has 1 aromatic rings. The van der Waals surface area contributed by atoms with Crippen molar-refractivity contribution in [1.82, 2.24) is 10.6 Å². The van der Waals surface area contributed by atoms with Gasteiger partial charge in [-0.15, -0.1) is 0 Å². The highest BCUT2D eigenvalue weighted by molar-refractivity contribution is 6.30. The van der Waals surface area contributed by atoms with Crippen LogP contribution in [0.5, 0.6) is 0 Å². The van der Waals surface area contributed by atoms with Crippen LogP contribution >= 0.6 is 11.6 Å². The van der Waals surface area contributed by atoms with Crippen molar-refractivity contribution in [3.05, 3.63) is 34.9 Å². The number of hydrogen-bond acceptors (Lipinski definition) is 3. The van der Waals surface area contributed by atoms with Gasteiger partial charge < -0.3 is 15.4 Å². The number of nitrogens with one attached hydrogen (secondary N) is 2. The second kappa shape index (κ2) is 6.36. The number of hydrogen-bond donors (Lipinski definition) is 2. The summed E-state index contributed by atoms with van der Waals surface area (Å²) in [6, 6.07) is 8.32. The molecule has 0 saturated carbocycles. The number of rotatable bonds is 4. The molecule has 17 heavy (non-hydrogen) atoms. The monoisotopic (exact) mass is 254 g/mol. The van der Waals surface area contributed by atoms with Crippen LogP contribution in [0.4, 0.5) is 0 Å². The SMILES string of the molecule is CNC(CC1CNCCO1)c1ccc(Cl)cc1. The van der Waals surface area contributed by atoms with E-state index in [0.29, 0.717) is 6.04 Å². The Balaban J connectivity index is 1.97. The van der Waals surface area contributed by atoms with Gasteiger partial charge in [-0.25, -0.2) is 0 Å². The van der Waals surface area contributed by atoms with E-state index < -0.39 is 0 Å². The Bertz CT molecular complexity index is 336. The lowest BCUT2D eigenvalue weighted by atomic mass is 10.0. The van der Waals surface area contributed by atoms with Crippen LogP contribution in [0, 0.1) is 0 Å². The fraction of sp³-hybridized carbons (Fsp3) is 0.538. The van der Waals surface area contributed by atoms with Crippen molar-refractivity contribution in [3.63, 3.8) is 0 Å². The molecule has 0 radical (unpaired) electrons. The zero-order valence-corrected chi connectivity index (χ0v) is 10.8. The van der Waals surface area contributed by atoms with Crippen molar-refractivity contribution in [2.75, 3.05) is 26.7 Å². The molecule has 1 aromatic carbocycles. The van der Waals surface area contributed by atoms with Crippen molar-refractivity contribution >= 4 is 11.6 Å². The maximum absolute atomic E-state index is 5.90. The molecule has 0 spiro atoms. The summed E-state index contributed by atoms with van der Waals surface area (Å²) in [7, 11) is 1.98. The maximum atomic E-state index is 5.90. The number of ether oxygens (including phenoxy) is 1. The third-order valence-corrected chi connectivity index (χ3v) is 3.38. The Labute approximate surface area is 107 Å². The standard InChI is InChI=1S/C13H19ClN2O/c1-15-13(8-12-9-16-6-7-17-12)10-2-4-11(14)5-3-10/h2-5,12-13,15-16H,6-9H2,1H3. The molecule has 0 bridgehead atoms. The van der Waals surface area contributed by atoms with Crippen LogP contribution in [-0.2, 0) is 4.74 Å². The highest BCUT2D eigenvalue weighted by atomic mass is 35.5. The van der Waals surface area contributed by atoms with Gasteiger partial charge in [0.25, 0.3) is 0 Å². The molecule has 0 aromatic heterocycles. The van der Waals surface area contributed by atoms with E-state index in [0.717, 1.165) is 31.1 Å². The first-order valence-corrected chi connectivity index (χ1v) is 6.42. The van der Waals surface area contributed by atoms with E-state index >= 15 is 0 Å². The molecule has 1 aliphatic heterocycles. The second-order valence-electron chi connectivity index (χ2n) is 4.33. The molecule has 0 amide bonds. The summed E-state index contributed by atoms with van der Waals surface area (Å²) in [5, 5.41) is 7.46. The lowest BCUT2D eigenvalue weighted by molar-refractivity contribution is 0.0176. The van der Waals surface area contributed by atoms with Crippen LogP contribution in [-0.4, -0.2) is 32.8 Å². The molecule has 1 saturated heterocycles. The van der Waals surface area contributed by atoms with Gasteiger partial charge in [-0.2, -0.15) is 0 Å². The first kappa shape index (κ1) is 12.8. The lowest BCUT2D eigenvalue weighted by Gasteiger charge is -2.27. The van der Waals surface area contributed by atoms with E-state index in [-0.39, 0.29) is 6.10 Å². The Morgan fingerprint density at radius 2 is 2.24 bits per heavy atom. The fourth-order valence-corrected chi connectivity index (χ4v) is 2.28. The fourth-order valence-electron chi connectivity index (χ4n) is 2.15. The predicted octanol–water partition coefficient (Wildman–Crippen LogP) is 1.98. The molecule has 4 heteroatoms. The molecule has 2 rings (SSSR count). The smallest absolute Gasteiger partial charge is 0.0718 e. The molecular weight excluding hydrogens is 236 g/mol. The molecule has 3 nitrogen and oxygen atoms in total. The second-order valence-corrected chi connectivity index (χ2v) is 4.76. The molecule has 1 fully saturated rings. The third-order valence-electron chi connectivity index (χ3n) is 3.12. The third kappa shape index (κ3) is 3.68. The normalized spacial score (nSPS) is 22.4. The summed E-state index contributed by atoms with van der Waals surface area (Å²) in [6.07, 6.45) is 1.27. The van der Waals surface area contributed by atoms with Crippen LogP contribution < -0.4 is 10.6 Å². The summed E-state index contributed by atoms with van der Waals surface area (Å²) >= 11 is 5.90. The lowest BCUT2D eigenvalue weighted by Crippen LogP contribution is -2.40. The minimum absolute atomic E-state index is 0.289. The Morgan fingerprint density at radius 1 is 1.47 bits per heavy atom. The molecule has 1 heterocycles. The van der Waals surface area contributed by atoms with Crippen molar-refractivity contribution in [3.8, 4) is 0 Å². The van der Waals surface area contributed by atoms with Crippen LogP contribution in [0.1, 0.15) is 18.0 Å². The van der Waals surface area contributed by atoms with E-state index in [2.05, 4.69) is 22.8 Å². The summed E-state index contributed by atoms with van der Waals surface area (Å²) in [4.78, 5) is 0. The van der Waals surface area contributed by atoms with Crippen molar-refractivity contribution in [1.29, 1.82) is 0 Å². The summed E-state index contributed by atoms with van der Waals surface area (Å²) in [5.41, 5.74) is 1.26. The highest BCUT2D eigenvalue weighted by Gasteiger charge is 2.19. The molecule has 0 aliphatic carbocycles. The summed E-state index contributed by atoms with van der Waals surface area (Å²) in [6.45, 7) is 2.70. The van der Waals surface area contributed by atoms with E-state index in [9.17, 15) is 0 Å². The minimum atomic E-state index is 0.289. The quantitative estimate of drug-likeness (QED) is 0.862. The zero-order valence-electron chi connectivity index (χ0n) is 10.1. The van der Waals surface area contributed by atoms with Gasteiger partial charge in [-0.3, -0.25) is 0 Å². The van der Waals surface area contributed by atoms with Crippen LogP contribution in [0.25, 0.3) is 0 Å². The van der Waals surface area contributed by atoms with Crippen molar-refractivity contribution < 1.29 is 4.74 Å². The Hall–Kier alpha value is -0.610. The van der Waals surface area contributed by atoms with Gasteiger partial charge in [0.1, 0.15) is 0 Å². The van der Waals surface area contributed by atoms with Gasteiger partial charge in [-0.1, -0.05) is 23.7 Å². The molecule has 2 N–H and O–H groups in total. The van der Waals surface area contributed by atoms with Gasteiger partial charge in [0, 0.05) is 24.2 Å². The molecule has 2 unspecified atom stereocenters. The van der Waals surface area contributed by atoms with E-state index in [1.807, 2.05) is 19.2 Å². The Kier molecular flexibility index (Phi) is 4.80. The van der Waals surface area contributed by atoms with Gasteiger partial charge in [0.05, 0.1) is 12.7 Å². The van der Waals surface area contributed by atoms with Gasteiger partial charge in [0.2, 0.25) is 0 Å². The Morgan fingerprint density at radius 3 is 2.82 bits per heavy atom. The first-order valence-electron chi connectivity index (χ1n) is 6.04. The van der Waals surface area contributed by atoms with E-state index in [1.54, 1.807) is 0 Å². The number of morpholine rings is 1. The largest absolute Gasteiger partial charge is 0.376 e. The van der Waals surface area contributed by atoms with E-state index in [1.165, 1.54) is 5.56 Å². The molecule has 94 valence electrons. The van der Waals surface area contributed by atoms with Crippen LogP contribution in [0.2, 0.25) is 5.02 Å². The van der Waals surface area contributed by atoms with Gasteiger partial charge in [0.15, 0.2) is 0 Å². The van der Waals surface area contributed by atoms with Crippen molar-refractivity contribution in [2.24, 2.45) is 0 Å². The zero-order chi connectivity index (χ0) is 12.1. The van der Waals surface area contributed by atoms with Crippen LogP contribution in [0.15, 0.2) is 24.3 Å². The molecule has 1 aliphatic rings. The first-order chi connectivity index (χ1) is 8.29. The summed E-state index contributed by atoms with van der Waals surface area (Å²) < 4.78 is 5.73. The number of benzene rings is 1. The maximum Gasteiger partial charge on any atom is 0.0718 e. The average Bonchev–Trinajstić information content (AvgIpc) is 2.38. The minimum Gasteiger partial charge on any atom is -0.376 e. The number of halogens is 1.